The summed E-state index contributed by atoms with van der Waals surface area (Å²) >= 11 is 1.43. The molecular weight excluding hydrogens is 429 g/mol. The molecule has 6 nitrogen and oxygen atoms in total. The van der Waals surface area contributed by atoms with Gasteiger partial charge in [-0.15, -0.1) is 0 Å². The molecule has 0 aliphatic heterocycles. The molecular formula is C24H24FN3O3S. The fourth-order valence-corrected chi connectivity index (χ4v) is 4.65. The number of carbonyl (C=O) groups is 1. The van der Waals surface area contributed by atoms with Gasteiger partial charge in [-0.1, -0.05) is 0 Å². The lowest BCUT2D eigenvalue weighted by atomic mass is 10.1. The molecule has 1 aliphatic rings. The van der Waals surface area contributed by atoms with Gasteiger partial charge in [-0.25, -0.2) is 9.18 Å². The molecule has 1 aliphatic carbocycles. The van der Waals surface area contributed by atoms with Gasteiger partial charge >= 0.3 is 5.97 Å². The standard InChI is InChI=1S/C24H24FN3O3S/c1-16(25)14-28(32-21-6-3-9-26-13-21)22-10-17-4-2-5-18(17)11-23(22)31-15-20-8-7-19(12-27-20)24(29)30/h3,6-13,16H,2,4-5,14-15H2,1H3,(H,29,30). The number of hydrogen-bond acceptors (Lipinski definition) is 6. The van der Waals surface area contributed by atoms with E-state index in [4.69, 9.17) is 9.84 Å². The summed E-state index contributed by atoms with van der Waals surface area (Å²) in [7, 11) is 0. The second-order valence-corrected chi connectivity index (χ2v) is 8.79. The van der Waals surface area contributed by atoms with Crippen LogP contribution in [0.2, 0.25) is 0 Å². The van der Waals surface area contributed by atoms with Crippen molar-refractivity contribution in [2.45, 2.75) is 43.9 Å². The zero-order valence-corrected chi connectivity index (χ0v) is 18.5. The van der Waals surface area contributed by atoms with E-state index >= 15 is 0 Å². The first kappa shape index (κ1) is 22.1. The summed E-state index contributed by atoms with van der Waals surface area (Å²) in [6, 6.07) is 11.1. The maximum Gasteiger partial charge on any atom is 0.337 e. The van der Waals surface area contributed by atoms with Crippen molar-refractivity contribution in [2.75, 3.05) is 10.8 Å². The molecule has 0 spiro atoms. The van der Waals surface area contributed by atoms with Gasteiger partial charge in [-0.2, -0.15) is 0 Å². The van der Waals surface area contributed by atoms with Crippen LogP contribution in [0.4, 0.5) is 10.1 Å². The van der Waals surface area contributed by atoms with Crippen LogP contribution in [0.3, 0.4) is 0 Å². The molecule has 0 bridgehead atoms. The third kappa shape index (κ3) is 5.37. The van der Waals surface area contributed by atoms with Gasteiger partial charge in [-0.05, 0) is 85.7 Å². The minimum atomic E-state index is -1.04. The Labute approximate surface area is 190 Å². The van der Waals surface area contributed by atoms with E-state index in [1.807, 2.05) is 22.5 Å². The van der Waals surface area contributed by atoms with Gasteiger partial charge in [0.1, 0.15) is 18.5 Å². The van der Waals surface area contributed by atoms with Crippen LogP contribution in [0, 0.1) is 0 Å². The SMILES string of the molecule is CC(F)CN(Sc1cccnc1)c1cc2c(cc1OCc1ccc(C(=O)O)cn1)CCC2. The van der Waals surface area contributed by atoms with Crippen LogP contribution >= 0.6 is 11.9 Å². The summed E-state index contributed by atoms with van der Waals surface area (Å²) in [6.45, 7) is 1.92. The van der Waals surface area contributed by atoms with E-state index in [9.17, 15) is 9.18 Å². The molecule has 0 fully saturated rings. The molecule has 0 saturated heterocycles. The number of rotatable bonds is 9. The third-order valence-corrected chi connectivity index (χ3v) is 6.18. The highest BCUT2D eigenvalue weighted by Gasteiger charge is 2.22. The molecule has 32 heavy (non-hydrogen) atoms. The summed E-state index contributed by atoms with van der Waals surface area (Å²) in [5, 5.41) is 9.05. The fraction of sp³-hybridized carbons (Fsp3) is 0.292. The quantitative estimate of drug-likeness (QED) is 0.451. The molecule has 2 aromatic heterocycles. The van der Waals surface area contributed by atoms with Crippen molar-refractivity contribution in [1.29, 1.82) is 0 Å². The first-order valence-corrected chi connectivity index (χ1v) is 11.2. The van der Waals surface area contributed by atoms with E-state index in [-0.39, 0.29) is 18.7 Å². The predicted octanol–water partition coefficient (Wildman–Crippen LogP) is 5.11. The van der Waals surface area contributed by atoms with Crippen LogP contribution < -0.4 is 9.04 Å². The Morgan fingerprint density at radius 2 is 2.06 bits per heavy atom. The number of aromatic nitrogens is 2. The molecule has 0 amide bonds. The van der Waals surface area contributed by atoms with Gasteiger partial charge in [0, 0.05) is 23.5 Å². The van der Waals surface area contributed by atoms with Crippen LogP contribution in [0.5, 0.6) is 5.75 Å². The van der Waals surface area contributed by atoms with E-state index in [2.05, 4.69) is 16.0 Å². The van der Waals surface area contributed by atoms with Gasteiger partial charge in [0.05, 0.1) is 23.5 Å². The Morgan fingerprint density at radius 1 is 1.25 bits per heavy atom. The predicted molar refractivity (Wildman–Crippen MR) is 122 cm³/mol. The number of halogens is 1. The normalized spacial score (nSPS) is 13.4. The van der Waals surface area contributed by atoms with Gasteiger partial charge in [-0.3, -0.25) is 9.97 Å². The first-order chi connectivity index (χ1) is 15.5. The van der Waals surface area contributed by atoms with E-state index in [1.165, 1.54) is 35.3 Å². The summed E-state index contributed by atoms with van der Waals surface area (Å²) in [6.07, 6.45) is 6.82. The maximum absolute atomic E-state index is 14.1. The van der Waals surface area contributed by atoms with Crippen LogP contribution in [0.15, 0.2) is 59.9 Å². The van der Waals surface area contributed by atoms with Crippen LogP contribution in [-0.4, -0.2) is 33.8 Å². The van der Waals surface area contributed by atoms with Crippen molar-refractivity contribution < 1.29 is 19.0 Å². The Morgan fingerprint density at radius 3 is 2.72 bits per heavy atom. The highest BCUT2D eigenvalue weighted by atomic mass is 32.2. The number of alkyl halides is 1. The zero-order chi connectivity index (χ0) is 22.5. The highest BCUT2D eigenvalue weighted by Crippen LogP contribution is 2.40. The number of pyridine rings is 2. The van der Waals surface area contributed by atoms with Crippen molar-refractivity contribution >= 4 is 23.6 Å². The smallest absolute Gasteiger partial charge is 0.337 e. The Balaban J connectivity index is 1.62. The van der Waals surface area contributed by atoms with Crippen molar-refractivity contribution in [3.05, 3.63) is 77.4 Å². The topological polar surface area (TPSA) is 75.6 Å². The molecule has 0 saturated carbocycles. The van der Waals surface area contributed by atoms with Crippen molar-refractivity contribution in [3.8, 4) is 5.75 Å². The van der Waals surface area contributed by atoms with Crippen molar-refractivity contribution in [2.24, 2.45) is 0 Å². The fourth-order valence-electron chi connectivity index (χ4n) is 3.63. The number of aromatic carboxylic acids is 1. The summed E-state index contributed by atoms with van der Waals surface area (Å²) in [5.74, 6) is -0.360. The van der Waals surface area contributed by atoms with Crippen LogP contribution in [0.25, 0.3) is 0 Å². The largest absolute Gasteiger partial charge is 0.485 e. The van der Waals surface area contributed by atoms with Gasteiger partial charge in [0.25, 0.3) is 0 Å². The molecule has 1 atom stereocenters. The minimum absolute atomic E-state index is 0.128. The third-order valence-electron chi connectivity index (χ3n) is 5.16. The van der Waals surface area contributed by atoms with E-state index in [1.54, 1.807) is 25.4 Å². The number of hydrogen-bond donors (Lipinski definition) is 1. The summed E-state index contributed by atoms with van der Waals surface area (Å²) in [5.41, 5.74) is 4.07. The molecule has 3 aromatic rings. The maximum atomic E-state index is 14.1. The molecule has 8 heteroatoms. The van der Waals surface area contributed by atoms with E-state index < -0.39 is 12.1 Å². The number of carboxylic acid groups (broad SMARTS) is 1. The number of ether oxygens (including phenoxy) is 1. The van der Waals surface area contributed by atoms with Crippen molar-refractivity contribution in [3.63, 3.8) is 0 Å². The number of nitrogens with zero attached hydrogens (tertiary/aromatic N) is 3. The summed E-state index contributed by atoms with van der Waals surface area (Å²) < 4.78 is 22.2. The molecule has 1 unspecified atom stereocenters. The average Bonchev–Trinajstić information content (AvgIpc) is 3.25. The molecule has 2 heterocycles. The lowest BCUT2D eigenvalue weighted by Crippen LogP contribution is -2.23. The Kier molecular flexibility index (Phi) is 6.90. The second kappa shape index (κ2) is 9.99. The second-order valence-electron chi connectivity index (χ2n) is 7.70. The molecule has 1 N–H and O–H groups in total. The Bertz CT molecular complexity index is 1080. The van der Waals surface area contributed by atoms with E-state index in [0.717, 1.165) is 29.8 Å². The molecule has 1 aromatic carbocycles. The number of benzene rings is 1. The Hall–Kier alpha value is -3.13. The number of aryl methyl sites for hydroxylation is 2. The number of fused-ring (bicyclic) bond motifs is 1. The number of anilines is 1. The van der Waals surface area contributed by atoms with Gasteiger partial charge in [0.15, 0.2) is 0 Å². The highest BCUT2D eigenvalue weighted by molar-refractivity contribution is 8.00. The monoisotopic (exact) mass is 453 g/mol. The lowest BCUT2D eigenvalue weighted by molar-refractivity contribution is 0.0696. The average molecular weight is 454 g/mol. The molecule has 0 radical (unpaired) electrons. The molecule has 4 rings (SSSR count). The zero-order valence-electron chi connectivity index (χ0n) is 17.7. The van der Waals surface area contributed by atoms with E-state index in [0.29, 0.717) is 11.4 Å². The van der Waals surface area contributed by atoms with Crippen LogP contribution in [0.1, 0.15) is 40.5 Å². The van der Waals surface area contributed by atoms with Crippen LogP contribution in [-0.2, 0) is 19.4 Å². The number of carboxylic acids is 1. The lowest BCUT2D eigenvalue weighted by Gasteiger charge is -2.27. The first-order valence-electron chi connectivity index (χ1n) is 10.5. The van der Waals surface area contributed by atoms with Gasteiger partial charge in [0.2, 0.25) is 0 Å². The van der Waals surface area contributed by atoms with Gasteiger partial charge < -0.3 is 14.1 Å². The molecule has 166 valence electrons. The minimum Gasteiger partial charge on any atom is -0.485 e. The summed E-state index contributed by atoms with van der Waals surface area (Å²) in [4.78, 5) is 20.3. The van der Waals surface area contributed by atoms with Crippen molar-refractivity contribution in [1.82, 2.24) is 9.97 Å².